The Morgan fingerprint density at radius 2 is 1.95 bits per heavy atom. The van der Waals surface area contributed by atoms with Crippen LogP contribution in [0.1, 0.15) is 10.4 Å². The molecule has 6 heteroatoms. The second-order valence-corrected chi connectivity index (χ2v) is 4.32. The molecule has 0 amide bonds. The summed E-state index contributed by atoms with van der Waals surface area (Å²) < 4.78 is 10.4. The Kier molecular flexibility index (Phi) is 4.10. The van der Waals surface area contributed by atoms with Crippen molar-refractivity contribution in [3.05, 3.63) is 41.0 Å². The lowest BCUT2D eigenvalue weighted by molar-refractivity contribution is 0.0697. The van der Waals surface area contributed by atoms with Gasteiger partial charge in [-0.05, 0) is 24.3 Å². The highest BCUT2D eigenvalue weighted by atomic mass is 35.5. The Hall–Kier alpha value is -2.27. The Morgan fingerprint density at radius 1 is 1.20 bits per heavy atom. The van der Waals surface area contributed by atoms with Crippen LogP contribution in [0.2, 0.25) is 5.15 Å². The molecule has 0 radical (unpaired) electrons. The fraction of sp³-hybridized carbons (Fsp3) is 0.143. The smallest absolute Gasteiger partial charge is 0.335 e. The van der Waals surface area contributed by atoms with Crippen LogP contribution in [0.15, 0.2) is 30.3 Å². The van der Waals surface area contributed by atoms with Gasteiger partial charge in [-0.1, -0.05) is 11.6 Å². The standard InChI is InChI=1S/C14H12ClNO4/c1-19-9-3-4-10(12(7-9)20-2)11-5-8(14(17)18)6-13(15)16-11/h3-7H,1-2H3,(H,17,18). The van der Waals surface area contributed by atoms with Gasteiger partial charge in [0.15, 0.2) is 0 Å². The Morgan fingerprint density at radius 3 is 2.55 bits per heavy atom. The van der Waals surface area contributed by atoms with E-state index in [4.69, 9.17) is 26.2 Å². The van der Waals surface area contributed by atoms with Gasteiger partial charge >= 0.3 is 5.97 Å². The van der Waals surface area contributed by atoms with Crippen molar-refractivity contribution in [2.75, 3.05) is 14.2 Å². The lowest BCUT2D eigenvalue weighted by atomic mass is 10.1. The van der Waals surface area contributed by atoms with Crippen LogP contribution in [0.4, 0.5) is 0 Å². The first-order valence-electron chi connectivity index (χ1n) is 5.68. The third-order valence-corrected chi connectivity index (χ3v) is 2.92. The molecule has 0 aliphatic heterocycles. The van der Waals surface area contributed by atoms with Gasteiger partial charge in [0, 0.05) is 11.6 Å². The SMILES string of the molecule is COc1ccc(-c2cc(C(=O)O)cc(Cl)n2)c(OC)c1. The third kappa shape index (κ3) is 2.83. The molecular formula is C14H12ClNO4. The number of carbonyl (C=O) groups is 1. The van der Waals surface area contributed by atoms with Crippen LogP contribution in [0, 0.1) is 0 Å². The summed E-state index contributed by atoms with van der Waals surface area (Å²) in [7, 11) is 3.07. The van der Waals surface area contributed by atoms with E-state index in [0.29, 0.717) is 22.8 Å². The van der Waals surface area contributed by atoms with E-state index in [0.717, 1.165) is 0 Å². The summed E-state index contributed by atoms with van der Waals surface area (Å²) in [5, 5.41) is 9.16. The number of aromatic carboxylic acids is 1. The number of rotatable bonds is 4. The van der Waals surface area contributed by atoms with E-state index in [2.05, 4.69) is 4.98 Å². The monoisotopic (exact) mass is 293 g/mol. The quantitative estimate of drug-likeness (QED) is 0.877. The maximum atomic E-state index is 11.1. The minimum absolute atomic E-state index is 0.0675. The van der Waals surface area contributed by atoms with E-state index < -0.39 is 5.97 Å². The fourth-order valence-electron chi connectivity index (χ4n) is 1.77. The summed E-state index contributed by atoms with van der Waals surface area (Å²) in [5.74, 6) is 0.0876. The molecule has 1 heterocycles. The average Bonchev–Trinajstić information content (AvgIpc) is 2.45. The van der Waals surface area contributed by atoms with Gasteiger partial charge in [-0.15, -0.1) is 0 Å². The number of carboxylic acid groups (broad SMARTS) is 1. The highest BCUT2D eigenvalue weighted by Crippen LogP contribution is 2.33. The second kappa shape index (κ2) is 5.79. The van der Waals surface area contributed by atoms with E-state index in [-0.39, 0.29) is 10.7 Å². The molecule has 1 N–H and O–H groups in total. The second-order valence-electron chi connectivity index (χ2n) is 3.94. The number of hydrogen-bond donors (Lipinski definition) is 1. The van der Waals surface area contributed by atoms with Crippen LogP contribution in [0.25, 0.3) is 11.3 Å². The summed E-state index contributed by atoms with van der Waals surface area (Å²) in [6.07, 6.45) is 0. The molecule has 0 bridgehead atoms. The molecule has 0 atom stereocenters. The Balaban J connectivity index is 2.58. The fourth-order valence-corrected chi connectivity index (χ4v) is 1.98. The molecular weight excluding hydrogens is 282 g/mol. The lowest BCUT2D eigenvalue weighted by Gasteiger charge is -2.10. The maximum Gasteiger partial charge on any atom is 0.335 e. The first-order chi connectivity index (χ1) is 9.55. The molecule has 1 aromatic heterocycles. The average molecular weight is 294 g/mol. The van der Waals surface area contributed by atoms with Crippen molar-refractivity contribution >= 4 is 17.6 Å². The highest BCUT2D eigenvalue weighted by molar-refractivity contribution is 6.29. The first-order valence-corrected chi connectivity index (χ1v) is 6.06. The predicted molar refractivity (Wildman–Crippen MR) is 74.7 cm³/mol. The van der Waals surface area contributed by atoms with Gasteiger partial charge in [-0.3, -0.25) is 0 Å². The van der Waals surface area contributed by atoms with Crippen molar-refractivity contribution in [2.45, 2.75) is 0 Å². The zero-order chi connectivity index (χ0) is 14.7. The molecule has 0 aliphatic carbocycles. The molecule has 5 nitrogen and oxygen atoms in total. The molecule has 2 aromatic rings. The molecule has 0 fully saturated rings. The zero-order valence-corrected chi connectivity index (χ0v) is 11.6. The molecule has 1 aromatic carbocycles. The van der Waals surface area contributed by atoms with Crippen molar-refractivity contribution < 1.29 is 19.4 Å². The Bertz CT molecular complexity index is 658. The van der Waals surface area contributed by atoms with Gasteiger partial charge in [0.25, 0.3) is 0 Å². The topological polar surface area (TPSA) is 68.7 Å². The Labute approximate surface area is 120 Å². The highest BCUT2D eigenvalue weighted by Gasteiger charge is 2.13. The number of nitrogens with zero attached hydrogens (tertiary/aromatic N) is 1. The third-order valence-electron chi connectivity index (χ3n) is 2.73. The van der Waals surface area contributed by atoms with Crippen molar-refractivity contribution in [3.63, 3.8) is 0 Å². The summed E-state index contributed by atoms with van der Waals surface area (Å²) >= 11 is 5.86. The first kappa shape index (κ1) is 14.1. The van der Waals surface area contributed by atoms with Crippen molar-refractivity contribution in [1.82, 2.24) is 4.98 Å². The minimum atomic E-state index is -1.07. The van der Waals surface area contributed by atoms with Gasteiger partial charge < -0.3 is 14.6 Å². The zero-order valence-electron chi connectivity index (χ0n) is 10.9. The molecule has 2 rings (SSSR count). The number of halogens is 1. The summed E-state index contributed by atoms with van der Waals surface area (Å²) in [4.78, 5) is 15.2. The molecule has 0 aliphatic rings. The summed E-state index contributed by atoms with van der Waals surface area (Å²) in [5.41, 5.74) is 1.13. The number of hydrogen-bond acceptors (Lipinski definition) is 4. The molecule has 0 saturated carbocycles. The van der Waals surface area contributed by atoms with Crippen molar-refractivity contribution in [1.29, 1.82) is 0 Å². The number of methoxy groups -OCH3 is 2. The molecule has 0 spiro atoms. The van der Waals surface area contributed by atoms with Gasteiger partial charge in [-0.2, -0.15) is 0 Å². The van der Waals surface area contributed by atoms with E-state index in [1.165, 1.54) is 19.2 Å². The number of pyridine rings is 1. The summed E-state index contributed by atoms with van der Waals surface area (Å²) in [6.45, 7) is 0. The largest absolute Gasteiger partial charge is 0.497 e. The van der Waals surface area contributed by atoms with Gasteiger partial charge in [0.05, 0.1) is 25.5 Å². The minimum Gasteiger partial charge on any atom is -0.497 e. The van der Waals surface area contributed by atoms with Gasteiger partial charge in [0.2, 0.25) is 0 Å². The van der Waals surface area contributed by atoms with E-state index in [9.17, 15) is 4.79 Å². The van der Waals surface area contributed by atoms with Crippen LogP contribution in [-0.4, -0.2) is 30.3 Å². The number of ether oxygens (including phenoxy) is 2. The molecule has 104 valence electrons. The van der Waals surface area contributed by atoms with Crippen molar-refractivity contribution in [2.24, 2.45) is 0 Å². The van der Waals surface area contributed by atoms with Crippen LogP contribution < -0.4 is 9.47 Å². The van der Waals surface area contributed by atoms with Gasteiger partial charge in [0.1, 0.15) is 16.7 Å². The normalized spacial score (nSPS) is 10.2. The predicted octanol–water partition coefficient (Wildman–Crippen LogP) is 3.12. The molecule has 0 unspecified atom stereocenters. The van der Waals surface area contributed by atoms with Crippen LogP contribution in [0.5, 0.6) is 11.5 Å². The summed E-state index contributed by atoms with van der Waals surface area (Å²) in [6, 6.07) is 7.91. The van der Waals surface area contributed by atoms with E-state index >= 15 is 0 Å². The number of aromatic nitrogens is 1. The van der Waals surface area contributed by atoms with Crippen LogP contribution in [-0.2, 0) is 0 Å². The maximum absolute atomic E-state index is 11.1. The number of carboxylic acids is 1. The van der Waals surface area contributed by atoms with Gasteiger partial charge in [-0.25, -0.2) is 9.78 Å². The van der Waals surface area contributed by atoms with E-state index in [1.54, 1.807) is 25.3 Å². The van der Waals surface area contributed by atoms with Crippen molar-refractivity contribution in [3.8, 4) is 22.8 Å². The number of benzene rings is 1. The van der Waals surface area contributed by atoms with Crippen LogP contribution in [0.3, 0.4) is 0 Å². The van der Waals surface area contributed by atoms with Crippen LogP contribution >= 0.6 is 11.6 Å². The lowest BCUT2D eigenvalue weighted by Crippen LogP contribution is -1.99. The molecule has 0 saturated heterocycles. The van der Waals surface area contributed by atoms with E-state index in [1.807, 2.05) is 0 Å². The molecule has 20 heavy (non-hydrogen) atoms.